The monoisotopic (exact) mass is 171 g/mol. The molecule has 0 aromatic carbocycles. The Bertz CT molecular complexity index is 316. The van der Waals surface area contributed by atoms with Gasteiger partial charge >= 0.3 is 5.69 Å². The molecule has 1 aromatic rings. The van der Waals surface area contributed by atoms with Crippen LogP contribution in [-0.2, 0) is 6.61 Å². The van der Waals surface area contributed by atoms with Gasteiger partial charge < -0.3 is 9.52 Å². The largest absolute Gasteiger partial charge is 0.454 e. The predicted molar refractivity (Wildman–Crippen MR) is 36.7 cm³/mol. The van der Waals surface area contributed by atoms with E-state index in [4.69, 9.17) is 5.11 Å². The molecule has 0 aliphatic heterocycles. The average molecular weight is 171 g/mol. The summed E-state index contributed by atoms with van der Waals surface area (Å²) in [4.78, 5) is 19.7. The van der Waals surface area contributed by atoms with Crippen LogP contribution in [0.3, 0.4) is 0 Å². The molecule has 0 atom stereocenters. The molecule has 6 nitrogen and oxygen atoms in total. The third-order valence-corrected chi connectivity index (χ3v) is 1.33. The summed E-state index contributed by atoms with van der Waals surface area (Å²) in [7, 11) is 0. The zero-order valence-corrected chi connectivity index (χ0v) is 5.89. The summed E-state index contributed by atoms with van der Waals surface area (Å²) in [5.74, 6) is -0.371. The molecule has 1 aromatic heterocycles. The van der Waals surface area contributed by atoms with Gasteiger partial charge in [0.05, 0.1) is 17.1 Å². The van der Waals surface area contributed by atoms with E-state index in [0.717, 1.165) is 6.26 Å². The van der Waals surface area contributed by atoms with Crippen molar-refractivity contribution in [3.05, 3.63) is 27.7 Å². The molecule has 0 saturated carbocycles. The van der Waals surface area contributed by atoms with Gasteiger partial charge in [0.25, 0.3) is 0 Å². The van der Waals surface area contributed by atoms with Gasteiger partial charge in [-0.15, -0.1) is 0 Å². The summed E-state index contributed by atoms with van der Waals surface area (Å²) in [6, 6.07) is 0. The molecule has 1 N–H and O–H groups in total. The first-order valence-corrected chi connectivity index (χ1v) is 3.01. The number of hydrogen-bond acceptors (Lipinski definition) is 5. The van der Waals surface area contributed by atoms with Crippen molar-refractivity contribution >= 4 is 12.0 Å². The Balaban J connectivity index is 3.25. The normalized spacial score (nSPS) is 9.75. The molecule has 6 heteroatoms. The van der Waals surface area contributed by atoms with E-state index in [1.54, 1.807) is 0 Å². The molecule has 1 heterocycles. The Morgan fingerprint density at radius 2 is 2.42 bits per heavy atom. The van der Waals surface area contributed by atoms with E-state index in [-0.39, 0.29) is 17.6 Å². The van der Waals surface area contributed by atoms with Crippen molar-refractivity contribution in [3.63, 3.8) is 0 Å². The van der Waals surface area contributed by atoms with Crippen molar-refractivity contribution < 1.29 is 19.2 Å². The van der Waals surface area contributed by atoms with Crippen LogP contribution in [0.15, 0.2) is 10.7 Å². The SMILES string of the molecule is O=Cc1occ(CO)c1[N+](=O)[O-]. The maximum atomic E-state index is 10.3. The number of aliphatic hydroxyl groups is 1. The van der Waals surface area contributed by atoms with E-state index >= 15 is 0 Å². The second kappa shape index (κ2) is 3.14. The van der Waals surface area contributed by atoms with Gasteiger partial charge in [-0.2, -0.15) is 0 Å². The van der Waals surface area contributed by atoms with Crippen molar-refractivity contribution in [2.45, 2.75) is 6.61 Å². The van der Waals surface area contributed by atoms with Crippen molar-refractivity contribution in [3.8, 4) is 0 Å². The highest BCUT2D eigenvalue weighted by Crippen LogP contribution is 2.24. The van der Waals surface area contributed by atoms with Crippen LogP contribution in [0.5, 0.6) is 0 Å². The van der Waals surface area contributed by atoms with Gasteiger partial charge in [-0.05, 0) is 0 Å². The van der Waals surface area contributed by atoms with E-state index in [9.17, 15) is 14.9 Å². The summed E-state index contributed by atoms with van der Waals surface area (Å²) in [6.45, 7) is -0.520. The van der Waals surface area contributed by atoms with Crippen molar-refractivity contribution in [1.29, 1.82) is 0 Å². The molecule has 0 saturated heterocycles. The molecular formula is C6H5NO5. The van der Waals surface area contributed by atoms with Crippen LogP contribution in [0.2, 0.25) is 0 Å². The van der Waals surface area contributed by atoms with Gasteiger partial charge in [0.1, 0.15) is 6.26 Å². The number of nitrogens with zero attached hydrogens (tertiary/aromatic N) is 1. The van der Waals surface area contributed by atoms with Crippen LogP contribution >= 0.6 is 0 Å². The van der Waals surface area contributed by atoms with Gasteiger partial charge in [-0.25, -0.2) is 0 Å². The third-order valence-electron chi connectivity index (χ3n) is 1.33. The van der Waals surface area contributed by atoms with Crippen LogP contribution in [0.25, 0.3) is 0 Å². The molecule has 64 valence electrons. The molecule has 0 fully saturated rings. The minimum absolute atomic E-state index is 0.00194. The summed E-state index contributed by atoms with van der Waals surface area (Å²) in [5, 5.41) is 18.9. The van der Waals surface area contributed by atoms with Gasteiger partial charge in [0.2, 0.25) is 5.76 Å². The molecule has 0 aliphatic rings. The van der Waals surface area contributed by atoms with Crippen LogP contribution in [-0.4, -0.2) is 16.3 Å². The Kier molecular flexibility index (Phi) is 2.20. The summed E-state index contributed by atoms with van der Waals surface area (Å²) >= 11 is 0. The Labute approximate surface area is 66.6 Å². The standard InChI is InChI=1S/C6H5NO5/c8-1-4-3-12-5(2-9)6(4)7(10)11/h2-3,8H,1H2. The molecule has 0 aliphatic carbocycles. The number of hydrogen-bond donors (Lipinski definition) is 1. The first-order valence-electron chi connectivity index (χ1n) is 3.01. The number of furan rings is 1. The number of nitro groups is 1. The van der Waals surface area contributed by atoms with Crippen LogP contribution in [0.4, 0.5) is 5.69 Å². The van der Waals surface area contributed by atoms with Crippen molar-refractivity contribution in [2.75, 3.05) is 0 Å². The fourth-order valence-electron chi connectivity index (χ4n) is 0.807. The summed E-state index contributed by atoms with van der Waals surface area (Å²) < 4.78 is 4.53. The smallest absolute Gasteiger partial charge is 0.323 e. The van der Waals surface area contributed by atoms with E-state index in [2.05, 4.69) is 4.42 Å². The van der Waals surface area contributed by atoms with Crippen molar-refractivity contribution in [2.24, 2.45) is 0 Å². The lowest BCUT2D eigenvalue weighted by atomic mass is 10.3. The Morgan fingerprint density at radius 1 is 1.75 bits per heavy atom. The maximum absolute atomic E-state index is 10.3. The third kappa shape index (κ3) is 1.19. The predicted octanol–water partition coefficient (Wildman–Crippen LogP) is 0.493. The quantitative estimate of drug-likeness (QED) is 0.405. The van der Waals surface area contributed by atoms with Gasteiger partial charge in [0, 0.05) is 0 Å². The fourth-order valence-corrected chi connectivity index (χ4v) is 0.807. The second-order valence-electron chi connectivity index (χ2n) is 2.01. The lowest BCUT2D eigenvalue weighted by Crippen LogP contribution is -1.94. The molecular weight excluding hydrogens is 166 g/mol. The lowest BCUT2D eigenvalue weighted by Gasteiger charge is -1.88. The zero-order valence-electron chi connectivity index (χ0n) is 5.89. The highest BCUT2D eigenvalue weighted by molar-refractivity contribution is 5.78. The first kappa shape index (κ1) is 8.41. The van der Waals surface area contributed by atoms with Crippen LogP contribution in [0.1, 0.15) is 16.1 Å². The van der Waals surface area contributed by atoms with E-state index in [0.29, 0.717) is 0 Å². The summed E-state index contributed by atoms with van der Waals surface area (Å²) in [5.41, 5.74) is -0.463. The molecule has 0 spiro atoms. The lowest BCUT2D eigenvalue weighted by molar-refractivity contribution is -0.386. The van der Waals surface area contributed by atoms with E-state index < -0.39 is 17.2 Å². The molecule has 0 bridgehead atoms. The molecule has 1 rings (SSSR count). The highest BCUT2D eigenvalue weighted by Gasteiger charge is 2.23. The Morgan fingerprint density at radius 3 is 2.83 bits per heavy atom. The van der Waals surface area contributed by atoms with Gasteiger partial charge in [-0.3, -0.25) is 14.9 Å². The van der Waals surface area contributed by atoms with E-state index in [1.807, 2.05) is 0 Å². The van der Waals surface area contributed by atoms with Crippen LogP contribution < -0.4 is 0 Å². The topological polar surface area (TPSA) is 93.6 Å². The molecule has 0 unspecified atom stereocenters. The zero-order chi connectivity index (χ0) is 9.14. The Hall–Kier alpha value is -1.69. The van der Waals surface area contributed by atoms with Gasteiger partial charge in [-0.1, -0.05) is 0 Å². The molecule has 12 heavy (non-hydrogen) atoms. The fraction of sp³-hybridized carbons (Fsp3) is 0.167. The maximum Gasteiger partial charge on any atom is 0.323 e. The minimum atomic E-state index is -0.765. The van der Waals surface area contributed by atoms with Gasteiger partial charge in [0.15, 0.2) is 6.29 Å². The van der Waals surface area contributed by atoms with Crippen molar-refractivity contribution in [1.82, 2.24) is 0 Å². The average Bonchev–Trinajstić information content (AvgIpc) is 2.46. The van der Waals surface area contributed by atoms with E-state index in [1.165, 1.54) is 0 Å². The minimum Gasteiger partial charge on any atom is -0.454 e. The molecule has 0 radical (unpaired) electrons. The number of carbonyl (C=O) groups excluding carboxylic acids is 1. The summed E-state index contributed by atoms with van der Waals surface area (Å²) in [6.07, 6.45) is 1.22. The highest BCUT2D eigenvalue weighted by atomic mass is 16.6. The number of rotatable bonds is 3. The van der Waals surface area contributed by atoms with Crippen LogP contribution in [0, 0.1) is 10.1 Å². The first-order chi connectivity index (χ1) is 5.70. The second-order valence-corrected chi connectivity index (χ2v) is 2.01. The number of aliphatic hydroxyl groups excluding tert-OH is 1. The molecule has 0 amide bonds. The number of aldehydes is 1. The number of carbonyl (C=O) groups is 1.